The van der Waals surface area contributed by atoms with Gasteiger partial charge in [-0.2, -0.15) is 0 Å². The molecular formula is C16H25N3O. The molecule has 0 heterocycles. The van der Waals surface area contributed by atoms with Crippen molar-refractivity contribution in [2.45, 2.75) is 26.3 Å². The maximum Gasteiger partial charge on any atom is 0.193 e. The second kappa shape index (κ2) is 9.02. The van der Waals surface area contributed by atoms with Gasteiger partial charge in [0.15, 0.2) is 5.96 Å². The number of hydrogen-bond acceptors (Lipinski definition) is 2. The number of nitrogens with zero attached hydrogens (tertiary/aromatic N) is 2. The number of phenolic OH excluding ortho intramolecular Hbond substituents is 1. The van der Waals surface area contributed by atoms with Gasteiger partial charge in [0.25, 0.3) is 0 Å². The van der Waals surface area contributed by atoms with Crippen molar-refractivity contribution in [1.82, 2.24) is 10.2 Å². The van der Waals surface area contributed by atoms with Crippen LogP contribution in [0.3, 0.4) is 0 Å². The molecule has 4 heteroatoms. The van der Waals surface area contributed by atoms with Gasteiger partial charge in [-0.05, 0) is 37.5 Å². The van der Waals surface area contributed by atoms with Crippen molar-refractivity contribution in [2.24, 2.45) is 4.99 Å². The third kappa shape index (κ3) is 5.78. The van der Waals surface area contributed by atoms with E-state index >= 15 is 0 Å². The van der Waals surface area contributed by atoms with Crippen LogP contribution in [0.4, 0.5) is 0 Å². The van der Waals surface area contributed by atoms with Crippen molar-refractivity contribution < 1.29 is 5.11 Å². The minimum atomic E-state index is 0.280. The van der Waals surface area contributed by atoms with Crippen molar-refractivity contribution >= 4 is 5.96 Å². The highest BCUT2D eigenvalue weighted by atomic mass is 16.3. The summed E-state index contributed by atoms with van der Waals surface area (Å²) in [6.45, 7) is 8.13. The topological polar surface area (TPSA) is 47.9 Å². The third-order valence-corrected chi connectivity index (χ3v) is 2.92. The molecule has 0 amide bonds. The number of nitrogens with one attached hydrogen (secondary N) is 1. The maximum atomic E-state index is 9.45. The van der Waals surface area contributed by atoms with Gasteiger partial charge < -0.3 is 15.3 Å². The average molecular weight is 275 g/mol. The molecule has 0 saturated heterocycles. The molecule has 0 aliphatic rings. The largest absolute Gasteiger partial charge is 0.508 e. The van der Waals surface area contributed by atoms with Crippen LogP contribution < -0.4 is 5.32 Å². The highest BCUT2D eigenvalue weighted by Crippen LogP contribution is 2.11. The first-order valence-corrected chi connectivity index (χ1v) is 7.05. The van der Waals surface area contributed by atoms with Gasteiger partial charge in [0.2, 0.25) is 0 Å². The molecule has 1 aromatic carbocycles. The molecule has 110 valence electrons. The monoisotopic (exact) mass is 275 g/mol. The summed E-state index contributed by atoms with van der Waals surface area (Å²) in [6, 6.07) is 7.20. The van der Waals surface area contributed by atoms with Crippen LogP contribution in [0.15, 0.2) is 41.9 Å². The van der Waals surface area contributed by atoms with Gasteiger partial charge in [-0.3, -0.25) is 0 Å². The number of hydrogen-bond donors (Lipinski definition) is 2. The first-order chi connectivity index (χ1) is 9.67. The fourth-order valence-corrected chi connectivity index (χ4v) is 1.87. The molecule has 0 saturated carbocycles. The van der Waals surface area contributed by atoms with Gasteiger partial charge in [0, 0.05) is 20.1 Å². The molecule has 0 aliphatic carbocycles. The van der Waals surface area contributed by atoms with Crippen molar-refractivity contribution in [2.75, 3.05) is 20.1 Å². The van der Waals surface area contributed by atoms with E-state index in [0.29, 0.717) is 6.54 Å². The van der Waals surface area contributed by atoms with Gasteiger partial charge in [0.05, 0.1) is 6.54 Å². The number of rotatable bonds is 7. The number of guanidine groups is 1. The van der Waals surface area contributed by atoms with Crippen molar-refractivity contribution in [1.29, 1.82) is 0 Å². The van der Waals surface area contributed by atoms with E-state index in [2.05, 4.69) is 28.7 Å². The van der Waals surface area contributed by atoms with E-state index < -0.39 is 0 Å². The van der Waals surface area contributed by atoms with E-state index in [1.807, 2.05) is 25.3 Å². The molecule has 0 aromatic heterocycles. The minimum Gasteiger partial charge on any atom is -0.508 e. The Morgan fingerprint density at radius 2 is 2.30 bits per heavy atom. The predicted octanol–water partition coefficient (Wildman–Crippen LogP) is 2.76. The van der Waals surface area contributed by atoms with Crippen molar-refractivity contribution in [3.8, 4) is 5.75 Å². The first-order valence-electron chi connectivity index (χ1n) is 7.05. The lowest BCUT2D eigenvalue weighted by Crippen LogP contribution is -2.39. The van der Waals surface area contributed by atoms with E-state index in [1.54, 1.807) is 12.1 Å². The van der Waals surface area contributed by atoms with Gasteiger partial charge >= 0.3 is 0 Å². The number of unbranched alkanes of at least 4 members (excludes halogenated alkanes) is 1. The molecular weight excluding hydrogens is 250 g/mol. The summed E-state index contributed by atoms with van der Waals surface area (Å²) in [5.41, 5.74) is 1.000. The van der Waals surface area contributed by atoms with Crippen LogP contribution in [-0.4, -0.2) is 36.1 Å². The zero-order chi connectivity index (χ0) is 14.8. The predicted molar refractivity (Wildman–Crippen MR) is 85.0 cm³/mol. The van der Waals surface area contributed by atoms with E-state index in [4.69, 9.17) is 0 Å². The molecule has 0 spiro atoms. The molecule has 0 unspecified atom stereocenters. The second-order valence-corrected chi connectivity index (χ2v) is 4.69. The fourth-order valence-electron chi connectivity index (χ4n) is 1.87. The van der Waals surface area contributed by atoms with E-state index in [-0.39, 0.29) is 5.75 Å². The second-order valence-electron chi connectivity index (χ2n) is 4.69. The van der Waals surface area contributed by atoms with Crippen molar-refractivity contribution in [3.05, 3.63) is 42.5 Å². The van der Waals surface area contributed by atoms with Crippen LogP contribution in [0.1, 0.15) is 25.3 Å². The average Bonchev–Trinajstić information content (AvgIpc) is 2.43. The summed E-state index contributed by atoms with van der Waals surface area (Å²) in [5, 5.41) is 12.7. The van der Waals surface area contributed by atoms with Gasteiger partial charge in [-0.1, -0.05) is 18.2 Å². The molecule has 4 nitrogen and oxygen atoms in total. The standard InChI is InChI=1S/C16H25N3O/c1-4-6-7-11-19(3)16(17-5-2)18-13-14-9-8-10-15(20)12-14/h4,8-10,12,20H,1,5-7,11,13H2,2-3H3,(H,17,18). The Bertz CT molecular complexity index is 443. The molecule has 0 bridgehead atoms. The molecule has 0 fully saturated rings. The first kappa shape index (κ1) is 16.1. The highest BCUT2D eigenvalue weighted by Gasteiger charge is 2.04. The number of aliphatic imine (C=N–C) groups is 1. The SMILES string of the molecule is C=CCCCN(C)C(=NCc1cccc(O)c1)NCC. The Morgan fingerprint density at radius 1 is 1.50 bits per heavy atom. The number of allylic oxidation sites excluding steroid dienone is 1. The molecule has 1 rings (SSSR count). The lowest BCUT2D eigenvalue weighted by atomic mass is 10.2. The molecule has 0 radical (unpaired) electrons. The lowest BCUT2D eigenvalue weighted by Gasteiger charge is -2.21. The maximum absolute atomic E-state index is 9.45. The summed E-state index contributed by atoms with van der Waals surface area (Å²) in [5.74, 6) is 1.17. The number of benzene rings is 1. The van der Waals surface area contributed by atoms with Gasteiger partial charge in [-0.25, -0.2) is 4.99 Å². The Hall–Kier alpha value is -1.97. The van der Waals surface area contributed by atoms with E-state index in [9.17, 15) is 5.11 Å². The Balaban J connectivity index is 2.63. The summed E-state index contributed by atoms with van der Waals surface area (Å²) in [6.07, 6.45) is 4.01. The molecule has 2 N–H and O–H groups in total. The van der Waals surface area contributed by atoms with E-state index in [0.717, 1.165) is 37.5 Å². The van der Waals surface area contributed by atoms with Gasteiger partial charge in [0.1, 0.15) is 5.75 Å². The fraction of sp³-hybridized carbons (Fsp3) is 0.438. The van der Waals surface area contributed by atoms with Crippen LogP contribution in [0.5, 0.6) is 5.75 Å². The minimum absolute atomic E-state index is 0.280. The summed E-state index contributed by atoms with van der Waals surface area (Å²) in [4.78, 5) is 6.72. The lowest BCUT2D eigenvalue weighted by molar-refractivity contribution is 0.469. The smallest absolute Gasteiger partial charge is 0.193 e. The Labute approximate surface area is 121 Å². The highest BCUT2D eigenvalue weighted by molar-refractivity contribution is 5.79. The quantitative estimate of drug-likeness (QED) is 0.348. The molecule has 0 aliphatic heterocycles. The normalized spacial score (nSPS) is 11.2. The Morgan fingerprint density at radius 3 is 2.95 bits per heavy atom. The Kier molecular flexibility index (Phi) is 7.25. The zero-order valence-electron chi connectivity index (χ0n) is 12.5. The zero-order valence-corrected chi connectivity index (χ0v) is 12.5. The van der Waals surface area contributed by atoms with Crippen LogP contribution in [0.2, 0.25) is 0 Å². The van der Waals surface area contributed by atoms with Crippen molar-refractivity contribution in [3.63, 3.8) is 0 Å². The summed E-state index contributed by atoms with van der Waals surface area (Å²) < 4.78 is 0. The van der Waals surface area contributed by atoms with E-state index in [1.165, 1.54) is 0 Å². The van der Waals surface area contributed by atoms with Crippen LogP contribution in [0.25, 0.3) is 0 Å². The molecule has 0 atom stereocenters. The third-order valence-electron chi connectivity index (χ3n) is 2.92. The summed E-state index contributed by atoms with van der Waals surface area (Å²) in [7, 11) is 2.03. The van der Waals surface area contributed by atoms with Crippen LogP contribution >= 0.6 is 0 Å². The summed E-state index contributed by atoms with van der Waals surface area (Å²) >= 11 is 0. The van der Waals surface area contributed by atoms with Crippen LogP contribution in [0, 0.1) is 0 Å². The van der Waals surface area contributed by atoms with Crippen LogP contribution in [-0.2, 0) is 6.54 Å². The molecule has 20 heavy (non-hydrogen) atoms. The number of phenols is 1. The molecule has 1 aromatic rings. The number of aromatic hydroxyl groups is 1. The van der Waals surface area contributed by atoms with Gasteiger partial charge in [-0.15, -0.1) is 6.58 Å².